The Morgan fingerprint density at radius 1 is 1.29 bits per heavy atom. The van der Waals surface area contributed by atoms with E-state index in [4.69, 9.17) is 9.72 Å². The molecule has 0 aliphatic heterocycles. The molecule has 2 heterocycles. The van der Waals surface area contributed by atoms with Crippen LogP contribution in [0.3, 0.4) is 0 Å². The molecule has 2 aromatic heterocycles. The fourth-order valence-corrected chi connectivity index (χ4v) is 2.64. The summed E-state index contributed by atoms with van der Waals surface area (Å²) in [6.07, 6.45) is 2.27. The maximum Gasteiger partial charge on any atom is 0.140 e. The van der Waals surface area contributed by atoms with E-state index in [1.807, 2.05) is 60.8 Å². The molecule has 0 N–H and O–H groups in total. The molecule has 120 valence electrons. The van der Waals surface area contributed by atoms with Gasteiger partial charge < -0.3 is 9.14 Å². The maximum absolute atomic E-state index is 9.18. The van der Waals surface area contributed by atoms with Crippen LogP contribution >= 0.6 is 0 Å². The lowest BCUT2D eigenvalue weighted by molar-refractivity contribution is 0.353. The summed E-state index contributed by atoms with van der Waals surface area (Å²) in [5.41, 5.74) is 5.69. The minimum absolute atomic E-state index is 0.313. The predicted molar refractivity (Wildman–Crippen MR) is 95.0 cm³/mol. The molecule has 3 aromatic rings. The number of ether oxygens (including phenoxy) is 1. The van der Waals surface area contributed by atoms with Gasteiger partial charge in [0.15, 0.2) is 0 Å². The van der Waals surface area contributed by atoms with Crippen LogP contribution < -0.4 is 4.74 Å². The van der Waals surface area contributed by atoms with E-state index in [-0.39, 0.29) is 0 Å². The van der Waals surface area contributed by atoms with Gasteiger partial charge in [0.1, 0.15) is 18.0 Å². The topological polar surface area (TPSA) is 50.3 Å². The van der Waals surface area contributed by atoms with Crippen LogP contribution in [0.1, 0.15) is 18.2 Å². The van der Waals surface area contributed by atoms with Gasteiger partial charge in [0.05, 0.1) is 23.9 Å². The third-order valence-corrected chi connectivity index (χ3v) is 3.80. The Kier molecular flexibility index (Phi) is 4.35. The monoisotopic (exact) mass is 317 g/mol. The number of hydrogen-bond donors (Lipinski definition) is 0. The number of rotatable bonds is 5. The number of pyridine rings is 1. The number of nitrogens with zero attached hydrogens (tertiary/aromatic N) is 3. The second-order valence-corrected chi connectivity index (χ2v) is 5.90. The van der Waals surface area contributed by atoms with Crippen molar-refractivity contribution in [2.45, 2.75) is 20.3 Å². The molecule has 0 saturated carbocycles. The van der Waals surface area contributed by atoms with Crippen LogP contribution in [0.25, 0.3) is 16.9 Å². The zero-order chi connectivity index (χ0) is 17.1. The van der Waals surface area contributed by atoms with Crippen LogP contribution in [0.5, 0.6) is 5.75 Å². The zero-order valence-corrected chi connectivity index (χ0v) is 13.9. The molecule has 4 nitrogen and oxygen atoms in total. The van der Waals surface area contributed by atoms with Crippen LogP contribution in [0.15, 0.2) is 54.7 Å². The lowest BCUT2D eigenvalue weighted by Gasteiger charge is -2.07. The quantitative estimate of drug-likeness (QED) is 0.658. The molecule has 24 heavy (non-hydrogen) atoms. The summed E-state index contributed by atoms with van der Waals surface area (Å²) in [7, 11) is 0. The molecular weight excluding hydrogens is 298 g/mol. The molecule has 0 amide bonds. The number of hydrogen-bond acceptors (Lipinski definition) is 3. The Labute approximate surface area is 141 Å². The van der Waals surface area contributed by atoms with Crippen LogP contribution in [-0.4, -0.2) is 16.0 Å². The highest BCUT2D eigenvalue weighted by molar-refractivity contribution is 5.68. The number of imidazole rings is 1. The van der Waals surface area contributed by atoms with E-state index in [0.29, 0.717) is 13.0 Å². The molecule has 0 fully saturated rings. The van der Waals surface area contributed by atoms with Crippen molar-refractivity contribution in [1.29, 1.82) is 5.26 Å². The summed E-state index contributed by atoms with van der Waals surface area (Å²) in [5.74, 6) is 0.795. The van der Waals surface area contributed by atoms with E-state index >= 15 is 0 Å². The minimum Gasteiger partial charge on any atom is -0.489 e. The van der Waals surface area contributed by atoms with Crippen LogP contribution in [0.4, 0.5) is 0 Å². The van der Waals surface area contributed by atoms with Gasteiger partial charge in [-0.15, -0.1) is 0 Å². The second kappa shape index (κ2) is 6.59. The van der Waals surface area contributed by atoms with Crippen molar-refractivity contribution in [3.63, 3.8) is 0 Å². The Morgan fingerprint density at radius 2 is 2.04 bits per heavy atom. The lowest BCUT2D eigenvalue weighted by atomic mass is 10.1. The van der Waals surface area contributed by atoms with Crippen molar-refractivity contribution < 1.29 is 4.74 Å². The highest BCUT2D eigenvalue weighted by atomic mass is 16.5. The van der Waals surface area contributed by atoms with Crippen LogP contribution in [0.2, 0.25) is 0 Å². The molecule has 1 aromatic carbocycles. The molecule has 0 aliphatic carbocycles. The Balaban J connectivity index is 2.02. The van der Waals surface area contributed by atoms with Gasteiger partial charge in [0.2, 0.25) is 0 Å². The third kappa shape index (κ3) is 3.02. The van der Waals surface area contributed by atoms with Gasteiger partial charge in [0.25, 0.3) is 0 Å². The molecular formula is C20H19N3O. The number of benzene rings is 1. The fraction of sp³-hybridized carbons (Fsp3) is 0.200. The first-order valence-corrected chi connectivity index (χ1v) is 7.81. The van der Waals surface area contributed by atoms with Gasteiger partial charge in [-0.05, 0) is 55.3 Å². The fourth-order valence-electron chi connectivity index (χ4n) is 2.64. The molecule has 3 rings (SSSR count). The summed E-state index contributed by atoms with van der Waals surface area (Å²) < 4.78 is 7.64. The minimum atomic E-state index is 0.313. The second-order valence-electron chi connectivity index (χ2n) is 5.90. The van der Waals surface area contributed by atoms with Crippen LogP contribution in [0, 0.1) is 18.3 Å². The van der Waals surface area contributed by atoms with E-state index in [1.54, 1.807) is 0 Å². The SMILES string of the molecule is C=C(C)COc1ccc(-c2nc3c(C)cccn3c2CC#N)cc1. The van der Waals surface area contributed by atoms with Gasteiger partial charge in [-0.3, -0.25) is 0 Å². The van der Waals surface area contributed by atoms with E-state index in [0.717, 1.165) is 39.5 Å². The van der Waals surface area contributed by atoms with Gasteiger partial charge in [-0.1, -0.05) is 12.6 Å². The number of nitriles is 1. The number of aromatic nitrogens is 2. The van der Waals surface area contributed by atoms with E-state index in [9.17, 15) is 5.26 Å². The van der Waals surface area contributed by atoms with Crippen molar-refractivity contribution in [2.24, 2.45) is 0 Å². The van der Waals surface area contributed by atoms with Crippen LogP contribution in [-0.2, 0) is 6.42 Å². The Hall–Kier alpha value is -3.06. The predicted octanol–water partition coefficient (Wildman–Crippen LogP) is 4.33. The van der Waals surface area contributed by atoms with Crippen molar-refractivity contribution >= 4 is 5.65 Å². The Morgan fingerprint density at radius 3 is 2.71 bits per heavy atom. The molecule has 0 radical (unpaired) electrons. The van der Waals surface area contributed by atoms with Crippen molar-refractivity contribution in [2.75, 3.05) is 6.61 Å². The molecule has 4 heteroatoms. The Bertz CT molecular complexity index is 930. The summed E-state index contributed by atoms with van der Waals surface area (Å²) >= 11 is 0. The average molecular weight is 317 g/mol. The maximum atomic E-state index is 9.18. The molecule has 0 bridgehead atoms. The molecule has 0 spiro atoms. The number of fused-ring (bicyclic) bond motifs is 1. The summed E-state index contributed by atoms with van der Waals surface area (Å²) in [6, 6.07) is 14.0. The standard InChI is InChI=1S/C20H19N3O/c1-14(2)13-24-17-8-6-16(7-9-17)19-18(10-11-21)23-12-4-5-15(3)20(23)22-19/h4-9,12H,1,10,13H2,2-3H3. The van der Waals surface area contributed by atoms with E-state index in [1.165, 1.54) is 0 Å². The summed E-state index contributed by atoms with van der Waals surface area (Å²) in [5, 5.41) is 9.18. The third-order valence-electron chi connectivity index (χ3n) is 3.80. The zero-order valence-electron chi connectivity index (χ0n) is 13.9. The lowest BCUT2D eigenvalue weighted by Crippen LogP contribution is -1.97. The summed E-state index contributed by atoms with van der Waals surface area (Å²) in [4.78, 5) is 4.76. The molecule has 0 unspecified atom stereocenters. The number of aryl methyl sites for hydroxylation is 1. The van der Waals surface area contributed by atoms with E-state index < -0.39 is 0 Å². The van der Waals surface area contributed by atoms with Crippen molar-refractivity contribution in [1.82, 2.24) is 9.38 Å². The average Bonchev–Trinajstić information content (AvgIpc) is 2.94. The summed E-state index contributed by atoms with van der Waals surface area (Å²) in [6.45, 7) is 8.29. The first-order chi connectivity index (χ1) is 11.6. The highest BCUT2D eigenvalue weighted by Gasteiger charge is 2.14. The van der Waals surface area contributed by atoms with Gasteiger partial charge in [-0.25, -0.2) is 4.98 Å². The van der Waals surface area contributed by atoms with Gasteiger partial charge >= 0.3 is 0 Å². The van der Waals surface area contributed by atoms with Gasteiger partial charge in [0, 0.05) is 11.8 Å². The molecule has 0 aliphatic rings. The van der Waals surface area contributed by atoms with Crippen molar-refractivity contribution in [3.8, 4) is 23.1 Å². The van der Waals surface area contributed by atoms with Gasteiger partial charge in [-0.2, -0.15) is 5.26 Å². The molecule has 0 atom stereocenters. The largest absolute Gasteiger partial charge is 0.489 e. The smallest absolute Gasteiger partial charge is 0.140 e. The first kappa shape index (κ1) is 15.8. The highest BCUT2D eigenvalue weighted by Crippen LogP contribution is 2.27. The first-order valence-electron chi connectivity index (χ1n) is 7.81. The van der Waals surface area contributed by atoms with Crippen molar-refractivity contribution in [3.05, 3.63) is 66.0 Å². The van der Waals surface area contributed by atoms with E-state index in [2.05, 4.69) is 12.6 Å². The normalized spacial score (nSPS) is 10.5. The molecule has 0 saturated heterocycles.